The van der Waals surface area contributed by atoms with Crippen LogP contribution in [0.4, 0.5) is 35.1 Å². The average Bonchev–Trinajstić information content (AvgIpc) is 2.13. The summed E-state index contributed by atoms with van der Waals surface area (Å²) < 4.78 is 98.3. The molecule has 0 saturated carbocycles. The van der Waals surface area contributed by atoms with Crippen LogP contribution in [0.2, 0.25) is 0 Å². The van der Waals surface area contributed by atoms with Gasteiger partial charge in [-0.2, -0.15) is 26.3 Å². The second-order valence-corrected chi connectivity index (χ2v) is 4.07. The summed E-state index contributed by atoms with van der Waals surface area (Å²) in [5.74, 6) is -17.3. The van der Waals surface area contributed by atoms with Gasteiger partial charge in [0.2, 0.25) is 0 Å². The second kappa shape index (κ2) is 5.21. The molecule has 0 nitrogen and oxygen atoms in total. The van der Waals surface area contributed by atoms with E-state index in [9.17, 15) is 35.1 Å². The minimum Gasteiger partial charge on any atom is -0.203 e. The maximum atomic E-state index is 12.7. The molecular weight excluding hydrogens is 363 g/mol. The molecule has 0 amide bonds. The number of rotatable bonds is 6. The van der Waals surface area contributed by atoms with Gasteiger partial charge >= 0.3 is 24.2 Å². The summed E-state index contributed by atoms with van der Waals surface area (Å²) in [5, 5.41) is 0. The molecule has 0 aliphatic heterocycles. The van der Waals surface area contributed by atoms with Gasteiger partial charge in [-0.05, 0) is 10.8 Å². The highest BCUT2D eigenvalue weighted by Crippen LogP contribution is 2.50. The fraction of sp³-hybridized carbons (Fsp3) is 1.00. The first-order valence-electron chi connectivity index (χ1n) is 3.98. The van der Waals surface area contributed by atoms with Crippen LogP contribution in [0.3, 0.4) is 0 Å². The zero-order valence-corrected chi connectivity index (χ0v) is 9.76. The van der Waals surface area contributed by atoms with Crippen molar-refractivity contribution in [2.24, 2.45) is 0 Å². The van der Waals surface area contributed by atoms with E-state index in [0.717, 1.165) is 0 Å². The van der Waals surface area contributed by atoms with Gasteiger partial charge in [-0.1, -0.05) is 22.6 Å². The van der Waals surface area contributed by atoms with Gasteiger partial charge in [-0.25, -0.2) is 8.78 Å². The minimum absolute atomic E-state index is 0.0314. The largest absolute Gasteiger partial charge is 0.377 e. The molecule has 16 heavy (non-hydrogen) atoms. The standard InChI is InChI=1S/C7H7F8I/c8-4(9)6(12,13)7(14,15)5(10,11)2-1-3-16/h4H,1-3H2. The Bertz CT molecular complexity index is 226. The van der Waals surface area contributed by atoms with Gasteiger partial charge in [0.1, 0.15) is 0 Å². The molecule has 0 fully saturated rings. The summed E-state index contributed by atoms with van der Waals surface area (Å²) in [6.07, 6.45) is -6.87. The Balaban J connectivity index is 5.01. The van der Waals surface area contributed by atoms with E-state index in [1.807, 2.05) is 0 Å². The molecule has 98 valence electrons. The molecule has 0 rings (SSSR count). The SMILES string of the molecule is FC(F)C(F)(F)C(F)(F)C(F)(F)CCCI. The molecule has 0 heterocycles. The van der Waals surface area contributed by atoms with Crippen molar-refractivity contribution >= 4 is 22.6 Å². The number of alkyl halides is 9. The molecule has 0 aliphatic rings. The van der Waals surface area contributed by atoms with Gasteiger partial charge in [-0.3, -0.25) is 0 Å². The molecule has 0 saturated heterocycles. The van der Waals surface area contributed by atoms with E-state index in [0.29, 0.717) is 0 Å². The number of halogens is 9. The van der Waals surface area contributed by atoms with Crippen molar-refractivity contribution in [3.63, 3.8) is 0 Å². The third-order valence-electron chi connectivity index (χ3n) is 1.78. The molecule has 0 aromatic carbocycles. The van der Waals surface area contributed by atoms with Crippen molar-refractivity contribution in [3.05, 3.63) is 0 Å². The topological polar surface area (TPSA) is 0 Å². The van der Waals surface area contributed by atoms with Crippen molar-refractivity contribution in [1.82, 2.24) is 0 Å². The van der Waals surface area contributed by atoms with Crippen LogP contribution >= 0.6 is 22.6 Å². The van der Waals surface area contributed by atoms with E-state index in [-0.39, 0.29) is 4.43 Å². The maximum Gasteiger partial charge on any atom is 0.377 e. The Labute approximate surface area is 99.5 Å². The lowest BCUT2D eigenvalue weighted by atomic mass is 10.0. The lowest BCUT2D eigenvalue weighted by Crippen LogP contribution is -2.57. The van der Waals surface area contributed by atoms with Gasteiger partial charge in [0.25, 0.3) is 0 Å². The van der Waals surface area contributed by atoms with Crippen molar-refractivity contribution in [2.45, 2.75) is 37.0 Å². The zero-order valence-electron chi connectivity index (χ0n) is 7.60. The Hall–Kier alpha value is 0.170. The van der Waals surface area contributed by atoms with Crippen LogP contribution in [0.1, 0.15) is 12.8 Å². The second-order valence-electron chi connectivity index (χ2n) is 3.00. The molecule has 0 unspecified atom stereocenters. The Morgan fingerprint density at radius 3 is 1.69 bits per heavy atom. The number of hydrogen-bond donors (Lipinski definition) is 0. The molecule has 0 spiro atoms. The molecule has 9 heteroatoms. The molecule has 0 radical (unpaired) electrons. The smallest absolute Gasteiger partial charge is 0.203 e. The van der Waals surface area contributed by atoms with E-state index < -0.39 is 37.0 Å². The first-order valence-corrected chi connectivity index (χ1v) is 5.51. The van der Waals surface area contributed by atoms with Crippen LogP contribution in [0, 0.1) is 0 Å². The maximum absolute atomic E-state index is 12.7. The lowest BCUT2D eigenvalue weighted by molar-refractivity contribution is -0.339. The van der Waals surface area contributed by atoms with Crippen LogP contribution in [-0.2, 0) is 0 Å². The van der Waals surface area contributed by atoms with Crippen LogP contribution in [-0.4, -0.2) is 28.6 Å². The van der Waals surface area contributed by atoms with Gasteiger partial charge in [-0.15, -0.1) is 0 Å². The van der Waals surface area contributed by atoms with Crippen molar-refractivity contribution in [2.75, 3.05) is 4.43 Å². The minimum atomic E-state index is -6.06. The van der Waals surface area contributed by atoms with Crippen LogP contribution in [0.5, 0.6) is 0 Å². The van der Waals surface area contributed by atoms with Crippen molar-refractivity contribution < 1.29 is 35.1 Å². The Morgan fingerprint density at radius 2 is 1.38 bits per heavy atom. The quantitative estimate of drug-likeness (QED) is 0.370. The summed E-state index contributed by atoms with van der Waals surface area (Å²) in [4.78, 5) is 0. The summed E-state index contributed by atoms with van der Waals surface area (Å²) in [6.45, 7) is 0. The summed E-state index contributed by atoms with van der Waals surface area (Å²) in [6, 6.07) is 0. The Morgan fingerprint density at radius 1 is 0.938 bits per heavy atom. The highest BCUT2D eigenvalue weighted by molar-refractivity contribution is 14.1. The molecule has 0 aromatic heterocycles. The fourth-order valence-electron chi connectivity index (χ4n) is 0.827. The van der Waals surface area contributed by atoms with E-state index >= 15 is 0 Å². The molecule has 0 aliphatic carbocycles. The predicted molar refractivity (Wildman–Crippen MR) is 49.0 cm³/mol. The highest BCUT2D eigenvalue weighted by Gasteiger charge is 2.74. The summed E-state index contributed by atoms with van der Waals surface area (Å²) >= 11 is 1.58. The van der Waals surface area contributed by atoms with E-state index in [2.05, 4.69) is 0 Å². The van der Waals surface area contributed by atoms with Crippen LogP contribution in [0.15, 0.2) is 0 Å². The lowest BCUT2D eigenvalue weighted by Gasteiger charge is -2.32. The molecule has 0 atom stereocenters. The monoisotopic (exact) mass is 370 g/mol. The summed E-state index contributed by atoms with van der Waals surface area (Å²) in [7, 11) is 0. The van der Waals surface area contributed by atoms with Crippen molar-refractivity contribution in [3.8, 4) is 0 Å². The van der Waals surface area contributed by atoms with E-state index in [1.54, 1.807) is 22.6 Å². The van der Waals surface area contributed by atoms with E-state index in [4.69, 9.17) is 0 Å². The number of hydrogen-bond acceptors (Lipinski definition) is 0. The van der Waals surface area contributed by atoms with E-state index in [1.165, 1.54) is 0 Å². The highest BCUT2D eigenvalue weighted by atomic mass is 127. The molecule has 0 aromatic rings. The van der Waals surface area contributed by atoms with Gasteiger partial charge in [0.05, 0.1) is 0 Å². The molecule has 0 bridgehead atoms. The van der Waals surface area contributed by atoms with Crippen LogP contribution in [0.25, 0.3) is 0 Å². The average molecular weight is 370 g/mol. The van der Waals surface area contributed by atoms with Crippen molar-refractivity contribution in [1.29, 1.82) is 0 Å². The van der Waals surface area contributed by atoms with Gasteiger partial charge < -0.3 is 0 Å². The Kier molecular flexibility index (Phi) is 5.27. The third kappa shape index (κ3) is 2.89. The first-order chi connectivity index (χ1) is 7.00. The zero-order chi connectivity index (χ0) is 13.2. The molecule has 0 N–H and O–H groups in total. The predicted octanol–water partition coefficient (Wildman–Crippen LogP) is 4.37. The summed E-state index contributed by atoms with van der Waals surface area (Å²) in [5.41, 5.74) is 0. The van der Waals surface area contributed by atoms with Gasteiger partial charge in [0, 0.05) is 6.42 Å². The van der Waals surface area contributed by atoms with Gasteiger partial charge in [0.15, 0.2) is 0 Å². The molecular formula is C7H7F8I. The van der Waals surface area contributed by atoms with Crippen LogP contribution < -0.4 is 0 Å². The third-order valence-corrected chi connectivity index (χ3v) is 2.54. The normalized spacial score (nSPS) is 14.6. The first kappa shape index (κ1) is 16.2. The fourth-order valence-corrected chi connectivity index (χ4v) is 1.21.